The van der Waals surface area contributed by atoms with Crippen molar-refractivity contribution in [1.29, 1.82) is 0 Å². The number of ketones is 1. The zero-order chi connectivity index (χ0) is 16.2. The van der Waals surface area contributed by atoms with E-state index in [4.69, 9.17) is 4.74 Å². The third-order valence-corrected chi connectivity index (χ3v) is 5.31. The summed E-state index contributed by atoms with van der Waals surface area (Å²) >= 11 is 0. The number of Topliss-reactive ketones (excluding diaryl/α,β-unsaturated/α-hetero) is 1. The molecule has 0 fully saturated rings. The minimum Gasteiger partial charge on any atom is -0.497 e. The largest absolute Gasteiger partial charge is 0.497 e. The first-order valence-corrected chi connectivity index (χ1v) is 8.36. The molecule has 1 unspecified atom stereocenters. The maximum atomic E-state index is 12.7. The van der Waals surface area contributed by atoms with E-state index in [1.54, 1.807) is 19.1 Å². The van der Waals surface area contributed by atoms with Crippen LogP contribution in [0.4, 0.5) is 0 Å². The molecule has 0 aliphatic heterocycles. The highest BCUT2D eigenvalue weighted by molar-refractivity contribution is 7.89. The van der Waals surface area contributed by atoms with Crippen molar-refractivity contribution in [3.63, 3.8) is 0 Å². The van der Waals surface area contributed by atoms with E-state index in [0.717, 1.165) is 0 Å². The van der Waals surface area contributed by atoms with E-state index in [2.05, 4.69) is 0 Å². The number of hydrogen-bond acceptors (Lipinski definition) is 4. The number of carbonyl (C=O) groups is 1. The Hall–Kier alpha value is -1.40. The molecule has 5 nitrogen and oxygen atoms in total. The van der Waals surface area contributed by atoms with Crippen LogP contribution in [-0.2, 0) is 14.8 Å². The van der Waals surface area contributed by atoms with E-state index in [1.165, 1.54) is 30.5 Å². The van der Waals surface area contributed by atoms with Crippen molar-refractivity contribution in [2.75, 3.05) is 13.7 Å². The van der Waals surface area contributed by atoms with Gasteiger partial charge in [-0.1, -0.05) is 20.8 Å². The van der Waals surface area contributed by atoms with Crippen molar-refractivity contribution >= 4 is 15.8 Å². The summed E-state index contributed by atoms with van der Waals surface area (Å²) in [4.78, 5) is 12.0. The molecule has 0 aliphatic carbocycles. The Morgan fingerprint density at radius 3 is 2.10 bits per heavy atom. The van der Waals surface area contributed by atoms with Gasteiger partial charge < -0.3 is 4.74 Å². The molecule has 0 heterocycles. The van der Waals surface area contributed by atoms with E-state index < -0.39 is 16.1 Å². The van der Waals surface area contributed by atoms with Crippen LogP contribution in [0, 0.1) is 5.92 Å². The van der Waals surface area contributed by atoms with Crippen LogP contribution >= 0.6 is 0 Å². The highest BCUT2D eigenvalue weighted by Gasteiger charge is 2.34. The summed E-state index contributed by atoms with van der Waals surface area (Å²) in [6.07, 6.45) is 0. The maximum absolute atomic E-state index is 12.7. The number of likely N-dealkylation sites (N-methyl/N-ethyl adjacent to an activating group) is 1. The van der Waals surface area contributed by atoms with Crippen molar-refractivity contribution in [3.05, 3.63) is 24.3 Å². The van der Waals surface area contributed by atoms with Gasteiger partial charge in [0.2, 0.25) is 10.0 Å². The van der Waals surface area contributed by atoms with Gasteiger partial charge in [0.15, 0.2) is 0 Å². The average molecular weight is 313 g/mol. The summed E-state index contributed by atoms with van der Waals surface area (Å²) in [6.45, 7) is 7.10. The highest BCUT2D eigenvalue weighted by Crippen LogP contribution is 2.24. The number of carbonyl (C=O) groups excluding carboxylic acids is 1. The second-order valence-electron chi connectivity index (χ2n) is 5.18. The van der Waals surface area contributed by atoms with E-state index in [0.29, 0.717) is 5.75 Å². The van der Waals surface area contributed by atoms with Crippen molar-refractivity contribution in [2.24, 2.45) is 5.92 Å². The highest BCUT2D eigenvalue weighted by atomic mass is 32.2. The molecule has 1 rings (SSSR count). The number of sulfonamides is 1. The summed E-state index contributed by atoms with van der Waals surface area (Å²) in [5.74, 6) is 0.350. The number of rotatable bonds is 7. The number of methoxy groups -OCH3 is 1. The summed E-state index contributed by atoms with van der Waals surface area (Å²) in [6, 6.07) is 5.53. The summed E-state index contributed by atoms with van der Waals surface area (Å²) < 4.78 is 31.8. The first-order chi connectivity index (χ1) is 9.75. The molecule has 21 heavy (non-hydrogen) atoms. The van der Waals surface area contributed by atoms with Crippen molar-refractivity contribution in [2.45, 2.75) is 38.6 Å². The zero-order valence-electron chi connectivity index (χ0n) is 13.2. The summed E-state index contributed by atoms with van der Waals surface area (Å²) in [5.41, 5.74) is 0. The van der Waals surface area contributed by atoms with Crippen LogP contribution in [0.25, 0.3) is 0 Å². The lowest BCUT2D eigenvalue weighted by atomic mass is 10.0. The van der Waals surface area contributed by atoms with Gasteiger partial charge in [-0.3, -0.25) is 4.79 Å². The number of nitrogens with zero attached hydrogens (tertiary/aromatic N) is 1. The Bertz CT molecular complexity index is 578. The minimum atomic E-state index is -3.71. The van der Waals surface area contributed by atoms with Gasteiger partial charge in [-0.15, -0.1) is 0 Å². The molecule has 0 amide bonds. The third-order valence-electron chi connectivity index (χ3n) is 3.34. The molecule has 0 N–H and O–H groups in total. The monoisotopic (exact) mass is 313 g/mol. The molecule has 0 radical (unpaired) electrons. The third kappa shape index (κ3) is 3.83. The molecule has 0 bridgehead atoms. The molecule has 1 aromatic carbocycles. The maximum Gasteiger partial charge on any atom is 0.243 e. The van der Waals surface area contributed by atoms with Crippen LogP contribution in [0.2, 0.25) is 0 Å². The predicted molar refractivity (Wildman–Crippen MR) is 81.9 cm³/mol. The van der Waals surface area contributed by atoms with Gasteiger partial charge in [0.25, 0.3) is 0 Å². The molecule has 0 aromatic heterocycles. The van der Waals surface area contributed by atoms with Crippen LogP contribution in [0.15, 0.2) is 29.2 Å². The van der Waals surface area contributed by atoms with Gasteiger partial charge in [0.05, 0.1) is 18.0 Å². The molecular formula is C15H23NO4S. The number of hydrogen-bond donors (Lipinski definition) is 0. The van der Waals surface area contributed by atoms with Crippen LogP contribution < -0.4 is 4.74 Å². The van der Waals surface area contributed by atoms with Gasteiger partial charge in [-0.25, -0.2) is 8.42 Å². The van der Waals surface area contributed by atoms with Crippen LogP contribution in [0.1, 0.15) is 27.7 Å². The van der Waals surface area contributed by atoms with E-state index in [1.807, 2.05) is 13.8 Å². The summed E-state index contributed by atoms with van der Waals surface area (Å²) in [7, 11) is -2.19. The van der Waals surface area contributed by atoms with Gasteiger partial charge in [-0.2, -0.15) is 4.31 Å². The minimum absolute atomic E-state index is 0.0875. The molecule has 1 atom stereocenters. The lowest BCUT2D eigenvalue weighted by Gasteiger charge is -2.30. The quantitative estimate of drug-likeness (QED) is 0.775. The van der Waals surface area contributed by atoms with Crippen molar-refractivity contribution in [3.8, 4) is 5.75 Å². The zero-order valence-corrected chi connectivity index (χ0v) is 14.0. The van der Waals surface area contributed by atoms with Gasteiger partial charge in [-0.05, 0) is 37.1 Å². The Kier molecular flexibility index (Phi) is 5.92. The van der Waals surface area contributed by atoms with Crippen LogP contribution in [-0.4, -0.2) is 38.2 Å². The molecular weight excluding hydrogens is 290 g/mol. The molecule has 0 saturated carbocycles. The average Bonchev–Trinajstić information content (AvgIpc) is 2.43. The second-order valence-corrected chi connectivity index (χ2v) is 7.07. The fraction of sp³-hybridized carbons (Fsp3) is 0.533. The van der Waals surface area contributed by atoms with Gasteiger partial charge >= 0.3 is 0 Å². The molecule has 1 aromatic rings. The van der Waals surface area contributed by atoms with E-state index >= 15 is 0 Å². The smallest absolute Gasteiger partial charge is 0.243 e. The van der Waals surface area contributed by atoms with Crippen molar-refractivity contribution in [1.82, 2.24) is 4.31 Å². The molecule has 0 spiro atoms. The number of ether oxygens (including phenoxy) is 1. The molecule has 6 heteroatoms. The Labute approximate surface area is 127 Å². The van der Waals surface area contributed by atoms with Gasteiger partial charge in [0, 0.05) is 6.54 Å². The Morgan fingerprint density at radius 2 is 1.76 bits per heavy atom. The van der Waals surface area contributed by atoms with E-state index in [-0.39, 0.29) is 23.1 Å². The molecule has 0 saturated heterocycles. The lowest BCUT2D eigenvalue weighted by Crippen LogP contribution is -2.47. The topological polar surface area (TPSA) is 63.7 Å². The summed E-state index contributed by atoms with van der Waals surface area (Å²) in [5, 5.41) is 0. The first kappa shape index (κ1) is 17.7. The van der Waals surface area contributed by atoms with Crippen LogP contribution in [0.5, 0.6) is 5.75 Å². The van der Waals surface area contributed by atoms with Gasteiger partial charge in [0.1, 0.15) is 11.5 Å². The van der Waals surface area contributed by atoms with Crippen molar-refractivity contribution < 1.29 is 17.9 Å². The molecule has 0 aliphatic rings. The van der Waals surface area contributed by atoms with E-state index in [9.17, 15) is 13.2 Å². The number of benzene rings is 1. The van der Waals surface area contributed by atoms with Crippen LogP contribution in [0.3, 0.4) is 0 Å². The Balaban J connectivity index is 3.26. The fourth-order valence-corrected chi connectivity index (χ4v) is 4.19. The normalized spacial score (nSPS) is 13.5. The predicted octanol–water partition coefficient (Wildman–Crippen LogP) is 2.32. The SMILES string of the molecule is CCN(C(C(C)=O)C(C)C)S(=O)(=O)c1ccc(OC)cc1. The Morgan fingerprint density at radius 1 is 1.24 bits per heavy atom. The fourth-order valence-electron chi connectivity index (χ4n) is 2.40. The lowest BCUT2D eigenvalue weighted by molar-refractivity contribution is -0.121. The standard InChI is InChI=1S/C15H23NO4S/c1-6-16(15(11(2)3)12(4)17)21(18,19)14-9-7-13(20-5)8-10-14/h7-11,15H,6H2,1-5H3. The second kappa shape index (κ2) is 7.04. The first-order valence-electron chi connectivity index (χ1n) is 6.92. The molecule has 118 valence electrons.